The number of carbonyl (C=O) groups excluding carboxylic acids is 2. The Kier molecular flexibility index (Phi) is 5.85. The van der Waals surface area contributed by atoms with Gasteiger partial charge in [0.25, 0.3) is 0 Å². The fourth-order valence-electron chi connectivity index (χ4n) is 3.04. The van der Waals surface area contributed by atoms with Crippen molar-refractivity contribution >= 4 is 22.9 Å². The molecule has 0 spiro atoms. The molecule has 0 saturated carbocycles. The highest BCUT2D eigenvalue weighted by Gasteiger charge is 2.13. The average molecular weight is 440 g/mol. The lowest BCUT2D eigenvalue weighted by Crippen LogP contribution is -2.24. The van der Waals surface area contributed by atoms with Gasteiger partial charge in [0, 0.05) is 63.8 Å². The van der Waals surface area contributed by atoms with Gasteiger partial charge in [0.1, 0.15) is 5.69 Å². The van der Waals surface area contributed by atoms with Gasteiger partial charge >= 0.3 is 0 Å². The van der Waals surface area contributed by atoms with Gasteiger partial charge in [-0.25, -0.2) is 0 Å². The van der Waals surface area contributed by atoms with Crippen LogP contribution in [0.2, 0.25) is 0 Å². The molecule has 162 valence electrons. The minimum absolute atomic E-state index is 0.215. The molecule has 2 heterocycles. The van der Waals surface area contributed by atoms with Crippen LogP contribution < -0.4 is 9.46 Å². The van der Waals surface area contributed by atoms with Crippen LogP contribution in [0.4, 0.5) is 11.4 Å². The van der Waals surface area contributed by atoms with E-state index in [1.807, 2.05) is 0 Å². The number of hydrogen-bond acceptors (Lipinski definition) is 6. The number of rotatable bonds is 6. The number of azo groups is 1. The van der Waals surface area contributed by atoms with Gasteiger partial charge in [-0.1, -0.05) is 4.86 Å². The van der Waals surface area contributed by atoms with Gasteiger partial charge in [0.2, 0.25) is 5.69 Å². The largest absolute Gasteiger partial charge is 0.619 e. The van der Waals surface area contributed by atoms with Gasteiger partial charge in [-0.05, 0) is 36.4 Å². The lowest BCUT2D eigenvalue weighted by atomic mass is 10.0. The Hall–Kier alpha value is -4.92. The minimum Gasteiger partial charge on any atom is -0.619 e. The Morgan fingerprint density at radius 3 is 1.39 bits per heavy atom. The fraction of sp³-hybridized carbons (Fsp3) is 0. The summed E-state index contributed by atoms with van der Waals surface area (Å²) in [5.41, 5.74) is 2.03. The van der Waals surface area contributed by atoms with E-state index in [-0.39, 0.29) is 17.3 Å². The summed E-state index contributed by atoms with van der Waals surface area (Å²) in [4.78, 5) is 25.3. The molecule has 9 heteroatoms. The highest BCUT2D eigenvalue weighted by Crippen LogP contribution is 2.20. The summed E-state index contributed by atoms with van der Waals surface area (Å²) >= 11 is 0. The van der Waals surface area contributed by atoms with E-state index in [0.717, 1.165) is 0 Å². The quantitative estimate of drug-likeness (QED) is 0.149. The highest BCUT2D eigenvalue weighted by molar-refractivity contribution is 6.09. The predicted octanol–water partition coefficient (Wildman–Crippen LogP) is 3.34. The molecule has 2 aromatic carbocycles. The van der Waals surface area contributed by atoms with Crippen LogP contribution in [0.1, 0.15) is 31.8 Å². The molecule has 0 aliphatic rings. The molecule has 9 nitrogen and oxygen atoms in total. The number of benzene rings is 2. The minimum atomic E-state index is -0.278. The van der Waals surface area contributed by atoms with Crippen molar-refractivity contribution < 1.29 is 23.9 Å². The van der Waals surface area contributed by atoms with E-state index in [1.54, 1.807) is 12.1 Å². The van der Waals surface area contributed by atoms with Crippen molar-refractivity contribution in [3.8, 4) is 0 Å². The van der Waals surface area contributed by atoms with Crippen molar-refractivity contribution in [3.63, 3.8) is 0 Å². The Labute approximate surface area is 187 Å². The molecule has 0 unspecified atom stereocenters. The molecule has 0 aliphatic heterocycles. The van der Waals surface area contributed by atoms with Crippen LogP contribution in [0.25, 0.3) is 0 Å². The third kappa shape index (κ3) is 4.88. The van der Waals surface area contributed by atoms with Crippen molar-refractivity contribution in [2.75, 3.05) is 0 Å². The number of ketones is 2. The maximum absolute atomic E-state index is 12.5. The molecule has 2 aromatic heterocycles. The second kappa shape index (κ2) is 9.06. The molecular weight excluding hydrogens is 424 g/mol. The number of pyridine rings is 2. The van der Waals surface area contributed by atoms with Crippen molar-refractivity contribution in [2.24, 2.45) is 5.11 Å². The maximum Gasteiger partial charge on any atom is 0.244 e. The Morgan fingerprint density at radius 2 is 0.970 bits per heavy atom. The fourth-order valence-corrected chi connectivity index (χ4v) is 3.04. The monoisotopic (exact) mass is 440 g/mol. The van der Waals surface area contributed by atoms with Crippen LogP contribution >= 0.6 is 0 Å². The van der Waals surface area contributed by atoms with Crippen LogP contribution in [0, 0.1) is 15.6 Å². The summed E-state index contributed by atoms with van der Waals surface area (Å²) in [6.45, 7) is 0. The Balaban J connectivity index is 1.48. The van der Waals surface area contributed by atoms with E-state index < -0.39 is 0 Å². The third-order valence-corrected chi connectivity index (χ3v) is 4.81. The number of nitrogens with zero attached hydrogens (tertiary/aromatic N) is 4. The van der Waals surface area contributed by atoms with Crippen molar-refractivity contribution in [1.29, 1.82) is 0 Å². The van der Waals surface area contributed by atoms with E-state index in [4.69, 9.17) is 0 Å². The normalized spacial score (nSPS) is 11.2. The lowest BCUT2D eigenvalue weighted by molar-refractivity contribution is -0.605. The van der Waals surface area contributed by atoms with Crippen LogP contribution in [-0.2, 0) is 0 Å². The molecule has 4 aromatic rings. The summed E-state index contributed by atoms with van der Waals surface area (Å²) in [5, 5.41) is 38.6. The first-order chi connectivity index (χ1) is 15.9. The average Bonchev–Trinajstić information content (AvgIpc) is 2.85. The molecule has 0 radical (unpaired) electrons. The van der Waals surface area contributed by atoms with Crippen molar-refractivity contribution in [3.05, 3.63) is 135 Å². The first kappa shape index (κ1) is 21.3. The van der Waals surface area contributed by atoms with Crippen molar-refractivity contribution in [2.45, 2.75) is 0 Å². The maximum atomic E-state index is 12.5. The molecule has 0 atom stereocenters. The van der Waals surface area contributed by atoms with Gasteiger partial charge < -0.3 is 15.6 Å². The zero-order chi connectivity index (χ0) is 23.4. The Morgan fingerprint density at radius 1 is 0.606 bits per heavy atom. The second-order valence-electron chi connectivity index (χ2n) is 7.02. The molecule has 0 amide bonds. The smallest absolute Gasteiger partial charge is 0.244 e. The molecule has 0 aliphatic carbocycles. The first-order valence-electron chi connectivity index (χ1n) is 9.77. The molecule has 0 bridgehead atoms. The van der Waals surface area contributed by atoms with Gasteiger partial charge in [-0.15, -0.1) is 0 Å². The van der Waals surface area contributed by atoms with Crippen LogP contribution in [-0.4, -0.2) is 16.4 Å². The van der Waals surface area contributed by atoms with Gasteiger partial charge in [0.15, 0.2) is 36.4 Å². The zero-order valence-corrected chi connectivity index (χ0v) is 17.1. The standard InChI is InChI=1S/C24H16N4O5/c29-23(19-9-13-26(31)14-10-19)17-1-5-21(6-2-17)25-28(33)22-7-3-18(4-8-22)24(30)20-11-15-27(32)16-12-20/h1-16H. The zero-order valence-electron chi connectivity index (χ0n) is 17.1. The van der Waals surface area contributed by atoms with E-state index in [0.29, 0.717) is 42.3 Å². The summed E-state index contributed by atoms with van der Waals surface area (Å²) in [5.74, 6) is -0.537. The summed E-state index contributed by atoms with van der Waals surface area (Å²) in [6, 6.07) is 17.8. The van der Waals surface area contributed by atoms with Crippen LogP contribution in [0.5, 0.6) is 0 Å². The summed E-state index contributed by atoms with van der Waals surface area (Å²) in [7, 11) is 0. The summed E-state index contributed by atoms with van der Waals surface area (Å²) < 4.78 is 1.18. The molecule has 0 fully saturated rings. The predicted molar refractivity (Wildman–Crippen MR) is 116 cm³/mol. The highest BCUT2D eigenvalue weighted by atomic mass is 16.5. The van der Waals surface area contributed by atoms with E-state index in [2.05, 4.69) is 5.11 Å². The summed E-state index contributed by atoms with van der Waals surface area (Å²) in [6.07, 6.45) is 4.96. The second-order valence-corrected chi connectivity index (χ2v) is 7.02. The van der Waals surface area contributed by atoms with Gasteiger partial charge in [-0.3, -0.25) is 9.59 Å². The molecular formula is C24H16N4O5. The number of carbonyl (C=O) groups is 2. The SMILES string of the molecule is O=C(c1ccc(N=[N+]([O-])c2ccc(C(=O)c3cc[n+]([O-])cc3)cc2)cc1)c1cc[n+]([O-])cc1. The van der Waals surface area contributed by atoms with E-state index in [9.17, 15) is 25.2 Å². The first-order valence-corrected chi connectivity index (χ1v) is 9.77. The van der Waals surface area contributed by atoms with Crippen molar-refractivity contribution in [1.82, 2.24) is 0 Å². The number of hydrogen-bond donors (Lipinski definition) is 0. The third-order valence-electron chi connectivity index (χ3n) is 4.81. The molecule has 0 saturated heterocycles. The van der Waals surface area contributed by atoms with Gasteiger partial charge in [-0.2, -0.15) is 9.46 Å². The molecule has 0 N–H and O–H groups in total. The lowest BCUT2D eigenvalue weighted by Gasteiger charge is -2.04. The molecule has 4 rings (SSSR count). The van der Waals surface area contributed by atoms with Crippen LogP contribution in [0.3, 0.4) is 0 Å². The Bertz CT molecular complexity index is 1330. The topological polar surface area (TPSA) is 126 Å². The van der Waals surface area contributed by atoms with E-state index in [1.165, 1.54) is 85.5 Å². The van der Waals surface area contributed by atoms with E-state index >= 15 is 0 Å². The van der Waals surface area contributed by atoms with Gasteiger partial charge in [0.05, 0.1) is 0 Å². The molecule has 33 heavy (non-hydrogen) atoms. The van der Waals surface area contributed by atoms with Crippen LogP contribution in [0.15, 0.2) is 103 Å². The number of aromatic nitrogens is 2.